The molecule has 112 valence electrons. The highest BCUT2D eigenvalue weighted by Gasteiger charge is 2.31. The summed E-state index contributed by atoms with van der Waals surface area (Å²) >= 11 is 1.53. The Hall–Kier alpha value is -2.60. The van der Waals surface area contributed by atoms with Crippen LogP contribution in [0.3, 0.4) is 0 Å². The monoisotopic (exact) mass is 313 g/mol. The molecular formula is C16H15N3O2S. The molecule has 22 heavy (non-hydrogen) atoms. The molecule has 0 aliphatic carbocycles. The van der Waals surface area contributed by atoms with Crippen molar-refractivity contribution in [1.82, 2.24) is 10.6 Å². The van der Waals surface area contributed by atoms with Gasteiger partial charge in [-0.2, -0.15) is 11.3 Å². The Morgan fingerprint density at radius 2 is 2.00 bits per heavy atom. The van der Waals surface area contributed by atoms with Crippen LogP contribution in [0.1, 0.15) is 18.5 Å². The minimum absolute atomic E-state index is 0.229. The van der Waals surface area contributed by atoms with Crippen LogP contribution >= 0.6 is 11.3 Å². The van der Waals surface area contributed by atoms with Gasteiger partial charge in [0.15, 0.2) is 0 Å². The number of anilines is 1. The molecular weight excluding hydrogens is 298 g/mol. The molecule has 0 bridgehead atoms. The van der Waals surface area contributed by atoms with Crippen molar-refractivity contribution in [2.75, 3.05) is 5.32 Å². The lowest BCUT2D eigenvalue weighted by Crippen LogP contribution is -2.45. The van der Waals surface area contributed by atoms with Gasteiger partial charge in [-0.1, -0.05) is 18.2 Å². The number of allylic oxidation sites excluding steroid dienone is 1. The van der Waals surface area contributed by atoms with Crippen LogP contribution in [0.25, 0.3) is 0 Å². The smallest absolute Gasteiger partial charge is 0.319 e. The number of nitrogens with one attached hydrogen (secondary N) is 3. The van der Waals surface area contributed by atoms with E-state index in [0.717, 1.165) is 5.56 Å². The zero-order chi connectivity index (χ0) is 15.5. The van der Waals surface area contributed by atoms with Gasteiger partial charge in [-0.3, -0.25) is 4.79 Å². The van der Waals surface area contributed by atoms with Gasteiger partial charge in [-0.25, -0.2) is 4.79 Å². The van der Waals surface area contributed by atoms with Crippen molar-refractivity contribution < 1.29 is 9.59 Å². The third-order valence-corrected chi connectivity index (χ3v) is 4.12. The lowest BCUT2D eigenvalue weighted by molar-refractivity contribution is -0.113. The summed E-state index contributed by atoms with van der Waals surface area (Å²) in [5.41, 5.74) is 2.70. The maximum atomic E-state index is 12.6. The fourth-order valence-electron chi connectivity index (χ4n) is 2.40. The van der Waals surface area contributed by atoms with E-state index in [1.54, 1.807) is 6.92 Å². The summed E-state index contributed by atoms with van der Waals surface area (Å²) in [6.07, 6.45) is 0. The van der Waals surface area contributed by atoms with E-state index >= 15 is 0 Å². The van der Waals surface area contributed by atoms with Crippen molar-refractivity contribution in [1.29, 1.82) is 0 Å². The van der Waals surface area contributed by atoms with Gasteiger partial charge in [0.25, 0.3) is 5.91 Å². The summed E-state index contributed by atoms with van der Waals surface area (Å²) in [5.74, 6) is -0.229. The number of carbonyl (C=O) groups excluding carboxylic acids is 2. The van der Waals surface area contributed by atoms with Crippen LogP contribution in [0.15, 0.2) is 58.4 Å². The van der Waals surface area contributed by atoms with E-state index < -0.39 is 6.04 Å². The molecule has 6 heteroatoms. The van der Waals surface area contributed by atoms with Crippen molar-refractivity contribution in [3.05, 3.63) is 64.0 Å². The Bertz CT molecular complexity index is 723. The first kappa shape index (κ1) is 14.3. The van der Waals surface area contributed by atoms with Crippen molar-refractivity contribution in [3.63, 3.8) is 0 Å². The van der Waals surface area contributed by atoms with Crippen LogP contribution in [0.5, 0.6) is 0 Å². The number of amides is 3. The third-order valence-electron chi connectivity index (χ3n) is 3.42. The normalized spacial score (nSPS) is 17.7. The van der Waals surface area contributed by atoms with Gasteiger partial charge < -0.3 is 16.0 Å². The number of benzene rings is 1. The second-order valence-corrected chi connectivity index (χ2v) is 5.73. The number of hydrogen-bond donors (Lipinski definition) is 3. The molecule has 0 saturated heterocycles. The Morgan fingerprint density at radius 3 is 2.68 bits per heavy atom. The molecule has 1 aliphatic rings. The molecule has 2 heterocycles. The predicted molar refractivity (Wildman–Crippen MR) is 86.5 cm³/mol. The Kier molecular flexibility index (Phi) is 3.93. The van der Waals surface area contributed by atoms with Gasteiger partial charge in [-0.15, -0.1) is 0 Å². The second-order valence-electron chi connectivity index (χ2n) is 4.95. The summed E-state index contributed by atoms with van der Waals surface area (Å²) in [6.45, 7) is 1.73. The summed E-state index contributed by atoms with van der Waals surface area (Å²) in [7, 11) is 0. The van der Waals surface area contributed by atoms with E-state index in [1.807, 2.05) is 47.2 Å². The summed E-state index contributed by atoms with van der Waals surface area (Å²) < 4.78 is 0. The van der Waals surface area contributed by atoms with Gasteiger partial charge >= 0.3 is 6.03 Å². The Balaban J connectivity index is 1.92. The first-order valence-electron chi connectivity index (χ1n) is 6.82. The van der Waals surface area contributed by atoms with Crippen molar-refractivity contribution in [2.45, 2.75) is 13.0 Å². The van der Waals surface area contributed by atoms with E-state index in [0.29, 0.717) is 17.0 Å². The zero-order valence-electron chi connectivity index (χ0n) is 11.9. The van der Waals surface area contributed by atoms with E-state index in [4.69, 9.17) is 0 Å². The summed E-state index contributed by atoms with van der Waals surface area (Å²) in [6, 6.07) is 10.4. The van der Waals surface area contributed by atoms with E-state index in [9.17, 15) is 9.59 Å². The Labute approximate surface area is 132 Å². The van der Waals surface area contributed by atoms with Gasteiger partial charge in [0.1, 0.15) is 0 Å². The molecule has 5 nitrogen and oxygen atoms in total. The van der Waals surface area contributed by atoms with E-state index in [-0.39, 0.29) is 11.9 Å². The number of carbonyl (C=O) groups is 2. The fourth-order valence-corrected chi connectivity index (χ4v) is 3.09. The molecule has 0 spiro atoms. The number of thiophene rings is 1. The van der Waals surface area contributed by atoms with Gasteiger partial charge in [0, 0.05) is 11.4 Å². The molecule has 0 fully saturated rings. The largest absolute Gasteiger partial charge is 0.327 e. The maximum absolute atomic E-state index is 12.6. The van der Waals surface area contributed by atoms with Crippen molar-refractivity contribution >= 4 is 29.0 Å². The van der Waals surface area contributed by atoms with Crippen LogP contribution in [-0.2, 0) is 4.79 Å². The average molecular weight is 313 g/mol. The zero-order valence-corrected chi connectivity index (χ0v) is 12.7. The van der Waals surface area contributed by atoms with Crippen LogP contribution in [0.4, 0.5) is 10.5 Å². The van der Waals surface area contributed by atoms with E-state index in [1.165, 1.54) is 11.3 Å². The van der Waals surface area contributed by atoms with E-state index in [2.05, 4.69) is 16.0 Å². The number of hydrogen-bond acceptors (Lipinski definition) is 3. The minimum atomic E-state index is -0.441. The fraction of sp³-hybridized carbons (Fsp3) is 0.125. The second kappa shape index (κ2) is 6.03. The van der Waals surface area contributed by atoms with Crippen LogP contribution in [-0.4, -0.2) is 11.9 Å². The maximum Gasteiger partial charge on any atom is 0.319 e. The predicted octanol–water partition coefficient (Wildman–Crippen LogP) is 3.01. The lowest BCUT2D eigenvalue weighted by Gasteiger charge is -2.28. The molecule has 1 aromatic carbocycles. The third kappa shape index (κ3) is 2.87. The SMILES string of the molecule is CC1=C(C(=O)Nc2ccccc2)C(c2ccsc2)NC(=O)N1. The van der Waals surface area contributed by atoms with Crippen molar-refractivity contribution in [2.24, 2.45) is 0 Å². The summed E-state index contributed by atoms with van der Waals surface area (Å²) in [4.78, 5) is 24.4. The quantitative estimate of drug-likeness (QED) is 0.815. The highest BCUT2D eigenvalue weighted by atomic mass is 32.1. The molecule has 0 radical (unpaired) electrons. The Morgan fingerprint density at radius 1 is 1.23 bits per heavy atom. The van der Waals surface area contributed by atoms with Crippen LogP contribution < -0.4 is 16.0 Å². The first-order chi connectivity index (χ1) is 10.6. The van der Waals surface area contributed by atoms with Crippen LogP contribution in [0.2, 0.25) is 0 Å². The minimum Gasteiger partial charge on any atom is -0.327 e. The van der Waals surface area contributed by atoms with Gasteiger partial charge in [-0.05, 0) is 41.4 Å². The lowest BCUT2D eigenvalue weighted by atomic mass is 9.97. The van der Waals surface area contributed by atoms with Crippen LogP contribution in [0, 0.1) is 0 Å². The molecule has 0 saturated carbocycles. The van der Waals surface area contributed by atoms with Gasteiger partial charge in [0.05, 0.1) is 11.6 Å². The molecule has 3 amide bonds. The first-order valence-corrected chi connectivity index (χ1v) is 7.76. The number of para-hydroxylation sites is 1. The molecule has 1 unspecified atom stereocenters. The van der Waals surface area contributed by atoms with Crippen molar-refractivity contribution in [3.8, 4) is 0 Å². The molecule has 2 aromatic rings. The van der Waals surface area contributed by atoms with Gasteiger partial charge in [0.2, 0.25) is 0 Å². The summed E-state index contributed by atoms with van der Waals surface area (Å²) in [5, 5.41) is 12.2. The average Bonchev–Trinajstić information content (AvgIpc) is 3.01. The topological polar surface area (TPSA) is 70.2 Å². The standard InChI is InChI=1S/C16H15N3O2S/c1-10-13(15(20)18-12-5-3-2-4-6-12)14(19-16(21)17-10)11-7-8-22-9-11/h2-9,14H,1H3,(H,18,20)(H2,17,19,21). The molecule has 1 aliphatic heterocycles. The highest BCUT2D eigenvalue weighted by Crippen LogP contribution is 2.28. The molecule has 1 atom stereocenters. The number of rotatable bonds is 3. The molecule has 3 rings (SSSR count). The molecule has 1 aromatic heterocycles. The number of urea groups is 1. The molecule has 3 N–H and O–H groups in total. The highest BCUT2D eigenvalue weighted by molar-refractivity contribution is 7.08.